The fourth-order valence-electron chi connectivity index (χ4n) is 11.2. The zero-order valence-corrected chi connectivity index (χ0v) is 60.2. The average molecular weight is 1390 g/mol. The van der Waals surface area contributed by atoms with Crippen LogP contribution in [-0.4, -0.2) is 30.3 Å². The van der Waals surface area contributed by atoms with E-state index in [2.05, 4.69) is 210 Å². The summed E-state index contributed by atoms with van der Waals surface area (Å²) >= 11 is 4.78. The van der Waals surface area contributed by atoms with Gasteiger partial charge in [-0.05, 0) is 186 Å². The van der Waals surface area contributed by atoms with E-state index in [-0.39, 0.29) is 56.2 Å². The molecule has 0 bridgehead atoms. The molecule has 0 aliphatic rings. The summed E-state index contributed by atoms with van der Waals surface area (Å²) in [5, 5.41) is 33.9. The predicted octanol–water partition coefficient (Wildman–Crippen LogP) is 23.3. The molecule has 0 aliphatic heterocycles. The Balaban J connectivity index is 0.000000138. The van der Waals surface area contributed by atoms with Gasteiger partial charge in [0.25, 0.3) is 0 Å². The van der Waals surface area contributed by atoms with Crippen molar-refractivity contribution in [3.63, 3.8) is 0 Å². The van der Waals surface area contributed by atoms with Crippen LogP contribution in [0.4, 0.5) is 34.1 Å². The molecule has 13 aromatic carbocycles. The Hall–Kier alpha value is -10.2. The van der Waals surface area contributed by atoms with Crippen LogP contribution in [-0.2, 0) is 39.0 Å². The van der Waals surface area contributed by atoms with Gasteiger partial charge < -0.3 is 25.1 Å². The fraction of sp³-hybridized carbons (Fsp3) is 0.0122. The van der Waals surface area contributed by atoms with Crippen LogP contribution < -0.4 is 9.80 Å². The van der Waals surface area contributed by atoms with E-state index in [9.17, 15) is 15.3 Å². The van der Waals surface area contributed by atoms with E-state index in [1.165, 1.54) is 5.56 Å². The van der Waals surface area contributed by atoms with Crippen molar-refractivity contribution in [2.75, 3.05) is 9.80 Å². The molecule has 8 nitrogen and oxygen atoms in total. The Bertz CT molecular complexity index is 4790. The van der Waals surface area contributed by atoms with Crippen molar-refractivity contribution >= 4 is 98.8 Å². The number of thiazole rings is 3. The number of phenolic OH excluding ortho intramolecular Hbond substituents is 3. The molecule has 95 heavy (non-hydrogen) atoms. The molecule has 0 saturated carbocycles. The SMILES string of the molecule is Cc1ccc(-c2ccc(O)c(-c3nc4ccccc4s3)c2)cc1.Oc1ccc(-c2ccc(N(c3ccccc3)c3ccccc3)cc2)cc1-c1nc2ccccc2s1.Oc1ccc(-c2ccc(N(c3ccccc3)c3ccccc3)cc2)cc1-c1nc2ccccc2s1.[Zn].[Zn]. The minimum Gasteiger partial charge on any atom is -0.507 e. The first-order valence-electron chi connectivity index (χ1n) is 30.4. The molecule has 0 amide bonds. The Morgan fingerprint density at radius 2 is 0.484 bits per heavy atom. The van der Waals surface area contributed by atoms with Gasteiger partial charge in [-0.25, -0.2) is 15.0 Å². The van der Waals surface area contributed by atoms with Crippen LogP contribution in [0.5, 0.6) is 17.2 Å². The van der Waals surface area contributed by atoms with Crippen molar-refractivity contribution < 1.29 is 54.3 Å². The minimum absolute atomic E-state index is 0. The number of para-hydroxylation sites is 7. The van der Waals surface area contributed by atoms with Gasteiger partial charge in [0.1, 0.15) is 32.3 Å². The van der Waals surface area contributed by atoms with Gasteiger partial charge >= 0.3 is 0 Å². The van der Waals surface area contributed by atoms with Crippen LogP contribution in [0.15, 0.2) is 322 Å². The number of anilines is 6. The number of aromatic nitrogens is 3. The molecule has 452 valence electrons. The monoisotopic (exact) mass is 1390 g/mol. The van der Waals surface area contributed by atoms with E-state index in [0.717, 1.165) is 130 Å². The van der Waals surface area contributed by atoms with Crippen molar-refractivity contribution in [3.05, 3.63) is 327 Å². The summed E-state index contributed by atoms with van der Waals surface area (Å²) < 4.78 is 3.35. The second kappa shape index (κ2) is 29.8. The molecule has 0 aliphatic carbocycles. The third-order valence-corrected chi connectivity index (χ3v) is 19.1. The second-order valence-electron chi connectivity index (χ2n) is 22.1. The van der Waals surface area contributed by atoms with Gasteiger partial charge in [-0.15, -0.1) is 34.0 Å². The van der Waals surface area contributed by atoms with E-state index >= 15 is 0 Å². The summed E-state index contributed by atoms with van der Waals surface area (Å²) in [5.41, 5.74) is 19.4. The van der Waals surface area contributed by atoms with Crippen LogP contribution in [0, 0.1) is 6.92 Å². The first kappa shape index (κ1) is 64.9. The van der Waals surface area contributed by atoms with Gasteiger partial charge in [-0.1, -0.05) is 181 Å². The summed E-state index contributed by atoms with van der Waals surface area (Å²) in [6.07, 6.45) is 0. The first-order valence-corrected chi connectivity index (χ1v) is 32.8. The number of phenols is 3. The van der Waals surface area contributed by atoms with Crippen molar-refractivity contribution in [2.24, 2.45) is 0 Å². The molecule has 0 radical (unpaired) electrons. The number of nitrogens with zero attached hydrogens (tertiary/aromatic N) is 5. The van der Waals surface area contributed by atoms with Crippen LogP contribution >= 0.6 is 34.0 Å². The number of fused-ring (bicyclic) bond motifs is 3. The normalized spacial score (nSPS) is 10.7. The molecule has 3 heterocycles. The summed E-state index contributed by atoms with van der Waals surface area (Å²) in [6, 6.07) is 108. The van der Waals surface area contributed by atoms with Crippen LogP contribution in [0.3, 0.4) is 0 Å². The number of aromatic hydroxyl groups is 3. The van der Waals surface area contributed by atoms with Gasteiger partial charge in [-0.3, -0.25) is 0 Å². The van der Waals surface area contributed by atoms with E-state index in [4.69, 9.17) is 9.97 Å². The minimum atomic E-state index is 0. The third kappa shape index (κ3) is 14.6. The van der Waals surface area contributed by atoms with Gasteiger partial charge in [-0.2, -0.15) is 0 Å². The fourth-order valence-corrected chi connectivity index (χ4v) is 14.1. The second-order valence-corrected chi connectivity index (χ2v) is 25.2. The summed E-state index contributed by atoms with van der Waals surface area (Å²) in [7, 11) is 0. The zero-order valence-electron chi connectivity index (χ0n) is 51.8. The van der Waals surface area contributed by atoms with Gasteiger partial charge in [0.15, 0.2) is 0 Å². The number of hydrogen-bond donors (Lipinski definition) is 3. The molecule has 0 spiro atoms. The Kier molecular flexibility index (Phi) is 20.4. The van der Waals surface area contributed by atoms with Gasteiger partial charge in [0.2, 0.25) is 0 Å². The maximum atomic E-state index is 10.6. The molecule has 3 aromatic heterocycles. The molecule has 3 N–H and O–H groups in total. The quantitative estimate of drug-likeness (QED) is 0.104. The van der Waals surface area contributed by atoms with E-state index in [1.54, 1.807) is 52.2 Å². The van der Waals surface area contributed by atoms with E-state index in [1.807, 2.05) is 115 Å². The molecule has 0 saturated heterocycles. The predicted molar refractivity (Wildman–Crippen MR) is 391 cm³/mol. The maximum absolute atomic E-state index is 10.6. The third-order valence-electron chi connectivity index (χ3n) is 15.9. The molecular weight excluding hydrogens is 1330 g/mol. The van der Waals surface area contributed by atoms with Crippen LogP contribution in [0.25, 0.3) is 95.7 Å². The standard InChI is InChI=1S/2C31H22N2OS.C20H15NOS.2Zn/c2*34-29-20-17-23(21-27(29)31-32-28-13-7-8-14-30(28)35-31)22-15-18-26(19-16-22)33(24-9-3-1-4-10-24)25-11-5-2-6-12-25;1-13-6-8-14(9-7-13)15-10-11-18(22)16(12-15)20-21-17-4-2-3-5-19(17)23-20;;/h2*1-21,34H;2-12,22H,1H3;;. The Morgan fingerprint density at radius 1 is 0.253 bits per heavy atom. The van der Waals surface area contributed by atoms with Crippen molar-refractivity contribution in [3.8, 4) is 82.3 Å². The summed E-state index contributed by atoms with van der Waals surface area (Å²) in [6.45, 7) is 2.08. The van der Waals surface area contributed by atoms with E-state index in [0.29, 0.717) is 0 Å². The number of rotatable bonds is 12. The number of aryl methyl sites for hydroxylation is 1. The van der Waals surface area contributed by atoms with Crippen molar-refractivity contribution in [1.82, 2.24) is 15.0 Å². The average Bonchev–Trinajstić information content (AvgIpc) is 1.76. The van der Waals surface area contributed by atoms with Gasteiger partial charge in [0, 0.05) is 73.1 Å². The van der Waals surface area contributed by atoms with Gasteiger partial charge in [0.05, 0.1) is 47.3 Å². The smallest absolute Gasteiger partial charge is 0.128 e. The van der Waals surface area contributed by atoms with E-state index < -0.39 is 0 Å². The molecule has 16 aromatic rings. The summed E-state index contributed by atoms with van der Waals surface area (Å²) in [4.78, 5) is 18.6. The number of hydrogen-bond acceptors (Lipinski definition) is 11. The largest absolute Gasteiger partial charge is 0.507 e. The Labute approximate surface area is 589 Å². The molecule has 13 heteroatoms. The van der Waals surface area contributed by atoms with Crippen LogP contribution in [0.2, 0.25) is 0 Å². The Morgan fingerprint density at radius 3 is 0.758 bits per heavy atom. The molecule has 0 fully saturated rings. The molecule has 0 unspecified atom stereocenters. The topological polar surface area (TPSA) is 106 Å². The molecule has 16 rings (SSSR count). The molecule has 0 atom stereocenters. The summed E-state index contributed by atoms with van der Waals surface area (Å²) in [5.74, 6) is 0.743. The molecular formula is C82H59N5O3S3Zn2. The zero-order chi connectivity index (χ0) is 63.0. The van der Waals surface area contributed by atoms with Crippen LogP contribution in [0.1, 0.15) is 5.56 Å². The number of benzene rings is 13. The van der Waals surface area contributed by atoms with Crippen molar-refractivity contribution in [2.45, 2.75) is 6.92 Å². The van der Waals surface area contributed by atoms with Crippen molar-refractivity contribution in [1.29, 1.82) is 0 Å². The first-order chi connectivity index (χ1) is 45.7. The maximum Gasteiger partial charge on any atom is 0.128 e.